The number of nitrogen functional groups attached to an aromatic ring is 1. The molecule has 0 unspecified atom stereocenters. The molecule has 2 N–H and O–H groups in total. The van der Waals surface area contributed by atoms with Gasteiger partial charge in [0.2, 0.25) is 0 Å². The van der Waals surface area contributed by atoms with Crippen LogP contribution in [0, 0.1) is 0 Å². The van der Waals surface area contributed by atoms with Crippen molar-refractivity contribution >= 4 is 23.1 Å². The van der Waals surface area contributed by atoms with Crippen LogP contribution in [0.25, 0.3) is 17.0 Å². The van der Waals surface area contributed by atoms with E-state index in [1.54, 1.807) is 18.3 Å². The van der Waals surface area contributed by atoms with Crippen molar-refractivity contribution in [1.82, 2.24) is 14.4 Å². The zero-order chi connectivity index (χ0) is 11.8. The Hall–Kier alpha value is -2.07. The SMILES string of the molecule is Nc1cccc(-c2cnc3ccc(Cl)cn23)n1. The zero-order valence-corrected chi connectivity index (χ0v) is 9.59. The maximum atomic E-state index is 5.97. The van der Waals surface area contributed by atoms with Crippen LogP contribution in [0.4, 0.5) is 5.82 Å². The number of aromatic nitrogens is 3. The fourth-order valence-corrected chi connectivity index (χ4v) is 1.90. The van der Waals surface area contributed by atoms with Crippen molar-refractivity contribution in [2.24, 2.45) is 0 Å². The predicted octanol–water partition coefficient (Wildman–Crippen LogP) is 2.63. The van der Waals surface area contributed by atoms with Gasteiger partial charge < -0.3 is 5.73 Å². The van der Waals surface area contributed by atoms with Gasteiger partial charge in [-0.2, -0.15) is 0 Å². The smallest absolute Gasteiger partial charge is 0.137 e. The number of nitrogens with two attached hydrogens (primary N) is 1. The summed E-state index contributed by atoms with van der Waals surface area (Å²) in [4.78, 5) is 8.56. The Morgan fingerprint density at radius 2 is 2.06 bits per heavy atom. The summed E-state index contributed by atoms with van der Waals surface area (Å²) in [6.07, 6.45) is 3.57. The van der Waals surface area contributed by atoms with Crippen LogP contribution in [0.5, 0.6) is 0 Å². The van der Waals surface area contributed by atoms with Crippen molar-refractivity contribution in [2.75, 3.05) is 5.73 Å². The number of nitrogens with zero attached hydrogens (tertiary/aromatic N) is 3. The number of imidazole rings is 1. The summed E-state index contributed by atoms with van der Waals surface area (Å²) in [6.45, 7) is 0. The summed E-state index contributed by atoms with van der Waals surface area (Å²) in [7, 11) is 0. The van der Waals surface area contributed by atoms with E-state index in [1.165, 1.54) is 0 Å². The molecule has 0 atom stereocenters. The van der Waals surface area contributed by atoms with Crippen LogP contribution >= 0.6 is 11.6 Å². The summed E-state index contributed by atoms with van der Waals surface area (Å²) in [5.74, 6) is 0.486. The summed E-state index contributed by atoms with van der Waals surface area (Å²) < 4.78 is 1.89. The second-order valence-corrected chi connectivity index (χ2v) is 4.10. The van der Waals surface area contributed by atoms with Crippen LogP contribution in [-0.4, -0.2) is 14.4 Å². The van der Waals surface area contributed by atoms with Gasteiger partial charge in [-0.1, -0.05) is 17.7 Å². The lowest BCUT2D eigenvalue weighted by molar-refractivity contribution is 1.17. The Balaban J connectivity index is 2.27. The number of rotatable bonds is 1. The fourth-order valence-electron chi connectivity index (χ4n) is 1.74. The van der Waals surface area contributed by atoms with Gasteiger partial charge >= 0.3 is 0 Å². The third-order valence-electron chi connectivity index (χ3n) is 2.50. The molecule has 0 spiro atoms. The number of hydrogen-bond acceptors (Lipinski definition) is 3. The third-order valence-corrected chi connectivity index (χ3v) is 2.73. The van der Waals surface area contributed by atoms with E-state index in [0.29, 0.717) is 10.8 Å². The lowest BCUT2D eigenvalue weighted by Crippen LogP contribution is -1.94. The summed E-state index contributed by atoms with van der Waals surface area (Å²) in [5, 5.41) is 0.653. The highest BCUT2D eigenvalue weighted by molar-refractivity contribution is 6.30. The van der Waals surface area contributed by atoms with Gasteiger partial charge in [-0.3, -0.25) is 4.40 Å². The Bertz CT molecular complexity index is 690. The van der Waals surface area contributed by atoms with Crippen molar-refractivity contribution in [3.63, 3.8) is 0 Å². The summed E-state index contributed by atoms with van der Waals surface area (Å²) in [6, 6.07) is 9.17. The van der Waals surface area contributed by atoms with Gasteiger partial charge in [0, 0.05) is 6.20 Å². The molecule has 0 aliphatic carbocycles. The lowest BCUT2D eigenvalue weighted by atomic mass is 10.3. The summed E-state index contributed by atoms with van der Waals surface area (Å²) in [5.41, 5.74) is 8.15. The number of fused-ring (bicyclic) bond motifs is 1. The van der Waals surface area contributed by atoms with Gasteiger partial charge in [-0.05, 0) is 24.3 Å². The molecule has 0 aromatic carbocycles. The van der Waals surface area contributed by atoms with Crippen LogP contribution < -0.4 is 5.73 Å². The molecule has 0 saturated heterocycles. The van der Waals surface area contributed by atoms with Gasteiger partial charge in [-0.25, -0.2) is 9.97 Å². The van der Waals surface area contributed by atoms with E-state index >= 15 is 0 Å². The van der Waals surface area contributed by atoms with Crippen molar-refractivity contribution in [3.05, 3.63) is 47.7 Å². The zero-order valence-electron chi connectivity index (χ0n) is 8.84. The Morgan fingerprint density at radius 1 is 1.18 bits per heavy atom. The third kappa shape index (κ3) is 1.72. The Labute approximate surface area is 103 Å². The quantitative estimate of drug-likeness (QED) is 0.716. The van der Waals surface area contributed by atoms with Gasteiger partial charge in [-0.15, -0.1) is 0 Å². The largest absolute Gasteiger partial charge is 0.384 e. The molecule has 3 rings (SSSR count). The highest BCUT2D eigenvalue weighted by Crippen LogP contribution is 2.21. The lowest BCUT2D eigenvalue weighted by Gasteiger charge is -2.02. The van der Waals surface area contributed by atoms with Crippen molar-refractivity contribution in [2.45, 2.75) is 0 Å². The molecular formula is C12H9ClN4. The molecule has 0 saturated carbocycles. The van der Waals surface area contributed by atoms with E-state index in [1.807, 2.05) is 28.8 Å². The maximum Gasteiger partial charge on any atom is 0.137 e. The van der Waals surface area contributed by atoms with E-state index < -0.39 is 0 Å². The average molecular weight is 245 g/mol. The number of pyridine rings is 2. The van der Waals surface area contributed by atoms with Crippen LogP contribution in [0.2, 0.25) is 5.02 Å². The van der Waals surface area contributed by atoms with Gasteiger partial charge in [0.25, 0.3) is 0 Å². The highest BCUT2D eigenvalue weighted by Gasteiger charge is 2.07. The predicted molar refractivity (Wildman–Crippen MR) is 67.8 cm³/mol. The number of halogens is 1. The molecule has 4 nitrogen and oxygen atoms in total. The first-order valence-electron chi connectivity index (χ1n) is 5.09. The molecule has 0 radical (unpaired) electrons. The molecule has 3 aromatic rings. The van der Waals surface area contributed by atoms with Crippen LogP contribution in [-0.2, 0) is 0 Å². The molecule has 3 heterocycles. The van der Waals surface area contributed by atoms with Gasteiger partial charge in [0.15, 0.2) is 0 Å². The van der Waals surface area contributed by atoms with E-state index in [9.17, 15) is 0 Å². The molecule has 0 bridgehead atoms. The van der Waals surface area contributed by atoms with Crippen molar-refractivity contribution in [3.8, 4) is 11.4 Å². The molecule has 0 fully saturated rings. The fraction of sp³-hybridized carbons (Fsp3) is 0. The first-order valence-corrected chi connectivity index (χ1v) is 5.47. The highest BCUT2D eigenvalue weighted by atomic mass is 35.5. The van der Waals surface area contributed by atoms with Crippen LogP contribution in [0.15, 0.2) is 42.7 Å². The van der Waals surface area contributed by atoms with Crippen LogP contribution in [0.3, 0.4) is 0 Å². The molecule has 0 amide bonds. The molecular weight excluding hydrogens is 236 g/mol. The maximum absolute atomic E-state index is 5.97. The van der Waals surface area contributed by atoms with E-state index in [4.69, 9.17) is 17.3 Å². The van der Waals surface area contributed by atoms with Crippen molar-refractivity contribution in [1.29, 1.82) is 0 Å². The number of hydrogen-bond donors (Lipinski definition) is 1. The minimum Gasteiger partial charge on any atom is -0.384 e. The second-order valence-electron chi connectivity index (χ2n) is 3.67. The summed E-state index contributed by atoms with van der Waals surface area (Å²) >= 11 is 5.97. The molecule has 5 heteroatoms. The topological polar surface area (TPSA) is 56.2 Å². The molecule has 0 aliphatic heterocycles. The minimum atomic E-state index is 0.486. The molecule has 84 valence electrons. The normalized spacial score (nSPS) is 10.9. The van der Waals surface area contributed by atoms with E-state index in [0.717, 1.165) is 17.0 Å². The van der Waals surface area contributed by atoms with E-state index in [2.05, 4.69) is 9.97 Å². The number of anilines is 1. The Kier molecular flexibility index (Phi) is 2.23. The molecule has 0 aliphatic rings. The monoisotopic (exact) mass is 244 g/mol. The van der Waals surface area contributed by atoms with Gasteiger partial charge in [0.1, 0.15) is 11.5 Å². The van der Waals surface area contributed by atoms with Crippen LogP contribution in [0.1, 0.15) is 0 Å². The Morgan fingerprint density at radius 3 is 2.88 bits per heavy atom. The average Bonchev–Trinajstić information content (AvgIpc) is 2.71. The first kappa shape index (κ1) is 10.1. The second kappa shape index (κ2) is 3.75. The molecule has 3 aromatic heterocycles. The first-order chi connectivity index (χ1) is 8.24. The van der Waals surface area contributed by atoms with Crippen molar-refractivity contribution < 1.29 is 0 Å². The minimum absolute atomic E-state index is 0.486. The van der Waals surface area contributed by atoms with Gasteiger partial charge in [0.05, 0.1) is 22.6 Å². The van der Waals surface area contributed by atoms with E-state index in [-0.39, 0.29) is 0 Å². The standard InChI is InChI=1S/C12H9ClN4/c13-8-4-5-12-15-6-10(17(12)7-8)9-2-1-3-11(14)16-9/h1-7H,(H2,14,16). The molecule has 17 heavy (non-hydrogen) atoms.